The third kappa shape index (κ3) is 6.70. The minimum Gasteiger partial charge on any atom is -0.444 e. The number of hydrogen-bond acceptors (Lipinski definition) is 10. The zero-order valence-corrected chi connectivity index (χ0v) is 20.9. The summed E-state index contributed by atoms with van der Waals surface area (Å²) in [7, 11) is 0. The van der Waals surface area contributed by atoms with Crippen LogP contribution in [0.5, 0.6) is 0 Å². The van der Waals surface area contributed by atoms with E-state index in [4.69, 9.17) is 10.5 Å². The minimum atomic E-state index is -0.778. The predicted molar refractivity (Wildman–Crippen MR) is 136 cm³/mol. The Bertz CT molecular complexity index is 1240. The smallest absolute Gasteiger partial charge is 0.408 e. The number of nitrogens with two attached hydrogens (primary N) is 1. The number of nitrogens with one attached hydrogen (secondary N) is 3. The molecule has 0 aliphatic heterocycles. The van der Waals surface area contributed by atoms with Crippen LogP contribution < -0.4 is 21.7 Å². The maximum atomic E-state index is 12.4. The SMILES string of the molecule is CC(C)(C)OC(=O)NC1C(O)CCCC1Nc1ncc(C(N)=O)c(Nc2cccc(-n3nccn3)c2)n1. The predicted octanol–water partition coefficient (Wildman–Crippen LogP) is 2.12. The Morgan fingerprint density at radius 1 is 1.19 bits per heavy atom. The molecule has 37 heavy (non-hydrogen) atoms. The summed E-state index contributed by atoms with van der Waals surface area (Å²) in [5.74, 6) is -0.299. The van der Waals surface area contributed by atoms with Gasteiger partial charge in [0.2, 0.25) is 5.95 Å². The second-order valence-corrected chi connectivity index (χ2v) is 9.74. The molecule has 4 rings (SSSR count). The fraction of sp³-hybridized carbons (Fsp3) is 0.417. The molecule has 6 N–H and O–H groups in total. The largest absolute Gasteiger partial charge is 0.444 e. The van der Waals surface area contributed by atoms with E-state index in [1.165, 1.54) is 11.0 Å². The molecule has 0 saturated heterocycles. The Hall–Kier alpha value is -4.26. The van der Waals surface area contributed by atoms with Crippen molar-refractivity contribution in [2.45, 2.75) is 63.8 Å². The second kappa shape index (κ2) is 10.8. The van der Waals surface area contributed by atoms with Crippen LogP contribution in [0.15, 0.2) is 42.9 Å². The average Bonchev–Trinajstić information content (AvgIpc) is 3.35. The second-order valence-electron chi connectivity index (χ2n) is 9.74. The van der Waals surface area contributed by atoms with Gasteiger partial charge in [-0.1, -0.05) is 6.07 Å². The number of hydrogen-bond donors (Lipinski definition) is 5. The van der Waals surface area contributed by atoms with Crippen LogP contribution in [0.2, 0.25) is 0 Å². The van der Waals surface area contributed by atoms with Crippen molar-refractivity contribution in [2.24, 2.45) is 5.73 Å². The molecular weight excluding hydrogens is 478 g/mol. The van der Waals surface area contributed by atoms with Gasteiger partial charge in [0, 0.05) is 11.9 Å². The van der Waals surface area contributed by atoms with Gasteiger partial charge in [-0.15, -0.1) is 0 Å². The number of benzene rings is 1. The molecule has 1 aliphatic rings. The highest BCUT2D eigenvalue weighted by Crippen LogP contribution is 2.25. The monoisotopic (exact) mass is 509 g/mol. The van der Waals surface area contributed by atoms with E-state index in [2.05, 4.69) is 36.1 Å². The molecule has 2 amide bonds. The molecule has 0 spiro atoms. The summed E-state index contributed by atoms with van der Waals surface area (Å²) in [6, 6.07) is 6.22. The Balaban J connectivity index is 1.55. The molecule has 0 radical (unpaired) electrons. The van der Waals surface area contributed by atoms with Crippen molar-refractivity contribution >= 4 is 29.5 Å². The maximum absolute atomic E-state index is 12.4. The van der Waals surface area contributed by atoms with E-state index >= 15 is 0 Å². The van der Waals surface area contributed by atoms with E-state index in [1.807, 2.05) is 12.1 Å². The van der Waals surface area contributed by atoms with Gasteiger partial charge in [-0.25, -0.2) is 9.78 Å². The molecule has 2 heterocycles. The first-order chi connectivity index (χ1) is 17.6. The van der Waals surface area contributed by atoms with Gasteiger partial charge in [0.1, 0.15) is 17.0 Å². The molecule has 196 valence electrons. The number of primary amides is 1. The third-order valence-electron chi connectivity index (χ3n) is 5.67. The fourth-order valence-electron chi connectivity index (χ4n) is 4.06. The Kier molecular flexibility index (Phi) is 7.53. The Morgan fingerprint density at radius 3 is 2.65 bits per heavy atom. The van der Waals surface area contributed by atoms with E-state index < -0.39 is 29.7 Å². The van der Waals surface area contributed by atoms with Crippen LogP contribution >= 0.6 is 0 Å². The number of nitrogens with zero attached hydrogens (tertiary/aromatic N) is 5. The molecule has 3 aromatic rings. The number of carbonyl (C=O) groups excluding carboxylic acids is 2. The Morgan fingerprint density at radius 2 is 1.95 bits per heavy atom. The van der Waals surface area contributed by atoms with E-state index in [-0.39, 0.29) is 23.4 Å². The van der Waals surface area contributed by atoms with Crippen LogP contribution in [-0.2, 0) is 4.74 Å². The molecule has 1 aliphatic carbocycles. The third-order valence-corrected chi connectivity index (χ3v) is 5.67. The number of rotatable bonds is 7. The molecule has 3 unspecified atom stereocenters. The average molecular weight is 510 g/mol. The van der Waals surface area contributed by atoms with Crippen molar-refractivity contribution in [2.75, 3.05) is 10.6 Å². The highest BCUT2D eigenvalue weighted by Gasteiger charge is 2.35. The van der Waals surface area contributed by atoms with E-state index in [9.17, 15) is 14.7 Å². The minimum absolute atomic E-state index is 0.0975. The summed E-state index contributed by atoms with van der Waals surface area (Å²) < 4.78 is 5.36. The topological polar surface area (TPSA) is 182 Å². The van der Waals surface area contributed by atoms with Crippen LogP contribution in [0.1, 0.15) is 50.4 Å². The lowest BCUT2D eigenvalue weighted by Crippen LogP contribution is -2.56. The van der Waals surface area contributed by atoms with Gasteiger partial charge in [0.25, 0.3) is 5.91 Å². The lowest BCUT2D eigenvalue weighted by atomic mass is 9.88. The molecule has 0 bridgehead atoms. The van der Waals surface area contributed by atoms with Gasteiger partial charge in [-0.2, -0.15) is 20.0 Å². The van der Waals surface area contributed by atoms with E-state index in [0.29, 0.717) is 24.2 Å². The molecule has 3 atom stereocenters. The van der Waals surface area contributed by atoms with Crippen LogP contribution in [0, 0.1) is 0 Å². The number of carbonyl (C=O) groups is 2. The van der Waals surface area contributed by atoms with Gasteiger partial charge in [0.05, 0.1) is 36.3 Å². The quantitative estimate of drug-likeness (QED) is 0.316. The molecule has 1 aromatic carbocycles. The van der Waals surface area contributed by atoms with E-state index in [1.54, 1.807) is 45.3 Å². The summed E-state index contributed by atoms with van der Waals surface area (Å²) in [5.41, 5.74) is 6.31. The van der Waals surface area contributed by atoms with Crippen molar-refractivity contribution in [3.8, 4) is 5.69 Å². The van der Waals surface area contributed by atoms with Crippen LogP contribution in [0.3, 0.4) is 0 Å². The first-order valence-corrected chi connectivity index (χ1v) is 11.9. The summed E-state index contributed by atoms with van der Waals surface area (Å²) in [4.78, 5) is 34.6. The number of aliphatic hydroxyl groups is 1. The number of ether oxygens (including phenoxy) is 1. The zero-order chi connectivity index (χ0) is 26.6. The highest BCUT2D eigenvalue weighted by atomic mass is 16.6. The first-order valence-electron chi connectivity index (χ1n) is 11.9. The van der Waals surface area contributed by atoms with Crippen LogP contribution in [0.25, 0.3) is 5.69 Å². The Labute approximate surface area is 213 Å². The first kappa shape index (κ1) is 25.8. The summed E-state index contributed by atoms with van der Waals surface area (Å²) in [6.45, 7) is 5.30. The lowest BCUT2D eigenvalue weighted by molar-refractivity contribution is 0.0342. The van der Waals surface area contributed by atoms with Gasteiger partial charge in [0.15, 0.2) is 0 Å². The summed E-state index contributed by atoms with van der Waals surface area (Å²) >= 11 is 0. The molecule has 2 aromatic heterocycles. The molecule has 1 fully saturated rings. The zero-order valence-electron chi connectivity index (χ0n) is 20.9. The van der Waals surface area contributed by atoms with Crippen molar-refractivity contribution < 1.29 is 19.4 Å². The van der Waals surface area contributed by atoms with Crippen LogP contribution in [-0.4, -0.2) is 65.9 Å². The van der Waals surface area contributed by atoms with E-state index in [0.717, 1.165) is 6.42 Å². The number of aromatic nitrogens is 5. The highest BCUT2D eigenvalue weighted by molar-refractivity contribution is 5.98. The van der Waals surface area contributed by atoms with Crippen molar-refractivity contribution in [3.63, 3.8) is 0 Å². The summed E-state index contributed by atoms with van der Waals surface area (Å²) in [6.07, 6.45) is 5.00. The number of amides is 2. The number of anilines is 3. The van der Waals surface area contributed by atoms with Gasteiger partial charge in [-0.05, 0) is 58.2 Å². The maximum Gasteiger partial charge on any atom is 0.408 e. The standard InChI is InChI=1S/C24H31N9O4/c1-24(2,3)37-23(36)31-19-17(8-5-9-18(19)34)30-22-26-13-16(20(25)35)21(32-22)29-14-6-4-7-15(12-14)33-27-10-11-28-33/h4,6-7,10-13,17-19,34H,5,8-9H2,1-3H3,(H2,25,35)(H,31,36)(H2,26,29,30,32). The molecule has 13 nitrogen and oxygen atoms in total. The normalized spacial score (nSPS) is 19.6. The van der Waals surface area contributed by atoms with Crippen molar-refractivity contribution in [3.05, 3.63) is 48.4 Å². The number of alkyl carbamates (subject to hydrolysis) is 1. The van der Waals surface area contributed by atoms with Gasteiger partial charge < -0.3 is 31.5 Å². The summed E-state index contributed by atoms with van der Waals surface area (Å²) in [5, 5.41) is 27.9. The molecule has 1 saturated carbocycles. The van der Waals surface area contributed by atoms with Gasteiger partial charge >= 0.3 is 6.09 Å². The lowest BCUT2D eigenvalue weighted by Gasteiger charge is -2.36. The molecule has 13 heteroatoms. The van der Waals surface area contributed by atoms with Gasteiger partial charge in [-0.3, -0.25) is 4.79 Å². The number of aliphatic hydroxyl groups excluding tert-OH is 1. The fourth-order valence-corrected chi connectivity index (χ4v) is 4.06. The van der Waals surface area contributed by atoms with Crippen molar-refractivity contribution in [1.82, 2.24) is 30.3 Å². The molecular formula is C24H31N9O4. The van der Waals surface area contributed by atoms with Crippen LogP contribution in [0.4, 0.5) is 22.2 Å². The van der Waals surface area contributed by atoms with Crippen molar-refractivity contribution in [1.29, 1.82) is 0 Å².